The van der Waals surface area contributed by atoms with Gasteiger partial charge in [-0.2, -0.15) is 0 Å². The van der Waals surface area contributed by atoms with Crippen LogP contribution in [-0.4, -0.2) is 33.7 Å². The number of aromatic nitrogens is 3. The van der Waals surface area contributed by atoms with Crippen LogP contribution >= 0.6 is 11.6 Å². The second-order valence-corrected chi connectivity index (χ2v) is 6.40. The van der Waals surface area contributed by atoms with E-state index >= 15 is 0 Å². The quantitative estimate of drug-likeness (QED) is 0.618. The predicted octanol–water partition coefficient (Wildman–Crippen LogP) is 3.25. The number of amides is 1. The van der Waals surface area contributed by atoms with E-state index in [1.807, 2.05) is 18.2 Å². The van der Waals surface area contributed by atoms with Crippen molar-refractivity contribution in [2.45, 2.75) is 19.3 Å². The van der Waals surface area contributed by atoms with Crippen LogP contribution in [0.15, 0.2) is 30.4 Å². The number of anilines is 1. The number of carbonyl (C=O) groups excluding carboxylic acids is 1. The van der Waals surface area contributed by atoms with Crippen LogP contribution in [0.25, 0.3) is 16.9 Å². The maximum Gasteiger partial charge on any atom is 0.229 e. The fraction of sp³-hybridized carbons (Fsp3) is 0.353. The summed E-state index contributed by atoms with van der Waals surface area (Å²) in [5.41, 5.74) is 2.21. The van der Waals surface area contributed by atoms with Gasteiger partial charge < -0.3 is 4.74 Å². The molecule has 1 N–H and O–H groups in total. The summed E-state index contributed by atoms with van der Waals surface area (Å²) >= 11 is 5.99. The van der Waals surface area contributed by atoms with Gasteiger partial charge in [0.2, 0.25) is 11.9 Å². The SMILES string of the molecule is O=C(CCOCC1CC1)Nc1nc2ccc(Cl)nc2n1C1=CC=C1. The molecule has 0 aliphatic heterocycles. The van der Waals surface area contributed by atoms with Crippen molar-refractivity contribution in [2.75, 3.05) is 18.5 Å². The molecule has 0 saturated heterocycles. The molecular formula is C17H17ClN4O2. The lowest BCUT2D eigenvalue weighted by Crippen LogP contribution is -2.18. The lowest BCUT2D eigenvalue weighted by atomic mass is 10.2. The molecule has 0 bridgehead atoms. The normalized spacial score (nSPS) is 16.1. The predicted molar refractivity (Wildman–Crippen MR) is 92.7 cm³/mol. The fourth-order valence-corrected chi connectivity index (χ4v) is 2.62. The maximum atomic E-state index is 12.2. The Morgan fingerprint density at radius 3 is 2.92 bits per heavy atom. The number of nitrogens with one attached hydrogen (secondary N) is 1. The number of hydrogen-bond donors (Lipinski definition) is 1. The van der Waals surface area contributed by atoms with Crippen LogP contribution in [-0.2, 0) is 9.53 Å². The summed E-state index contributed by atoms with van der Waals surface area (Å²) in [6, 6.07) is 3.47. The summed E-state index contributed by atoms with van der Waals surface area (Å²) in [4.78, 5) is 21.0. The first-order chi connectivity index (χ1) is 11.7. The van der Waals surface area contributed by atoms with E-state index in [0.29, 0.717) is 41.2 Å². The average Bonchev–Trinajstić information content (AvgIpc) is 3.27. The molecule has 2 heterocycles. The van der Waals surface area contributed by atoms with Crippen molar-refractivity contribution in [2.24, 2.45) is 5.92 Å². The molecule has 24 heavy (non-hydrogen) atoms. The molecule has 4 rings (SSSR count). The number of halogens is 1. The van der Waals surface area contributed by atoms with Crippen molar-refractivity contribution in [3.63, 3.8) is 0 Å². The van der Waals surface area contributed by atoms with E-state index in [9.17, 15) is 4.79 Å². The zero-order chi connectivity index (χ0) is 16.5. The van der Waals surface area contributed by atoms with Crippen molar-refractivity contribution >= 4 is 40.3 Å². The van der Waals surface area contributed by atoms with Gasteiger partial charge in [-0.15, -0.1) is 0 Å². The second-order valence-electron chi connectivity index (χ2n) is 6.01. The average molecular weight is 345 g/mol. The van der Waals surface area contributed by atoms with Gasteiger partial charge in [0.15, 0.2) is 5.65 Å². The minimum Gasteiger partial charge on any atom is -0.381 e. The van der Waals surface area contributed by atoms with Crippen molar-refractivity contribution in [3.05, 3.63) is 35.5 Å². The molecule has 1 saturated carbocycles. The Hall–Kier alpha value is -2.18. The molecule has 0 spiro atoms. The van der Waals surface area contributed by atoms with E-state index in [1.165, 1.54) is 12.8 Å². The van der Waals surface area contributed by atoms with Gasteiger partial charge in [0.1, 0.15) is 10.7 Å². The van der Waals surface area contributed by atoms with Crippen molar-refractivity contribution in [1.82, 2.24) is 14.5 Å². The molecule has 2 aliphatic rings. The van der Waals surface area contributed by atoms with E-state index in [0.717, 1.165) is 12.3 Å². The highest BCUT2D eigenvalue weighted by atomic mass is 35.5. The van der Waals surface area contributed by atoms with Crippen molar-refractivity contribution < 1.29 is 9.53 Å². The molecule has 7 heteroatoms. The molecule has 6 nitrogen and oxygen atoms in total. The van der Waals surface area contributed by atoms with E-state index < -0.39 is 0 Å². The highest BCUT2D eigenvalue weighted by Crippen LogP contribution is 2.29. The summed E-state index contributed by atoms with van der Waals surface area (Å²) < 4.78 is 7.31. The lowest BCUT2D eigenvalue weighted by molar-refractivity contribution is -0.117. The van der Waals surface area contributed by atoms with Crippen LogP contribution in [0.2, 0.25) is 5.15 Å². The molecule has 2 aromatic rings. The van der Waals surface area contributed by atoms with Gasteiger partial charge in [0.25, 0.3) is 0 Å². The summed E-state index contributed by atoms with van der Waals surface area (Å²) in [6.45, 7) is 1.18. The van der Waals surface area contributed by atoms with Crippen LogP contribution in [0.3, 0.4) is 0 Å². The van der Waals surface area contributed by atoms with Crippen LogP contribution in [0.1, 0.15) is 19.3 Å². The summed E-state index contributed by atoms with van der Waals surface area (Å²) in [6.07, 6.45) is 8.57. The Kier molecular flexibility index (Phi) is 4.08. The Labute approximate surface area is 144 Å². The van der Waals surface area contributed by atoms with Gasteiger partial charge in [0.05, 0.1) is 18.7 Å². The Balaban J connectivity index is 1.49. The number of fused-ring (bicyclic) bond motifs is 1. The lowest BCUT2D eigenvalue weighted by Gasteiger charge is -2.13. The third-order valence-corrected chi connectivity index (χ3v) is 4.25. The molecule has 124 valence electrons. The Morgan fingerprint density at radius 1 is 1.38 bits per heavy atom. The third-order valence-electron chi connectivity index (χ3n) is 4.04. The number of ether oxygens (including phenoxy) is 1. The molecule has 2 aliphatic carbocycles. The van der Waals surface area contributed by atoms with Crippen molar-refractivity contribution in [3.8, 4) is 0 Å². The van der Waals surface area contributed by atoms with Gasteiger partial charge >= 0.3 is 0 Å². The van der Waals surface area contributed by atoms with E-state index in [2.05, 4.69) is 15.3 Å². The van der Waals surface area contributed by atoms with E-state index in [1.54, 1.807) is 16.7 Å². The Morgan fingerprint density at radius 2 is 2.21 bits per heavy atom. The highest BCUT2D eigenvalue weighted by Gasteiger charge is 2.21. The minimum absolute atomic E-state index is 0.127. The van der Waals surface area contributed by atoms with Gasteiger partial charge in [0, 0.05) is 6.61 Å². The molecule has 0 radical (unpaired) electrons. The van der Waals surface area contributed by atoms with Gasteiger partial charge in [-0.1, -0.05) is 17.7 Å². The Bertz CT molecular complexity index is 852. The monoisotopic (exact) mass is 344 g/mol. The number of pyridine rings is 1. The molecule has 1 fully saturated rings. The maximum absolute atomic E-state index is 12.2. The van der Waals surface area contributed by atoms with Gasteiger partial charge in [-0.05, 0) is 43.0 Å². The number of nitrogens with zero attached hydrogens (tertiary/aromatic N) is 3. The van der Waals surface area contributed by atoms with E-state index in [-0.39, 0.29) is 5.91 Å². The number of allylic oxidation sites excluding steroid dienone is 4. The zero-order valence-electron chi connectivity index (χ0n) is 13.0. The highest BCUT2D eigenvalue weighted by molar-refractivity contribution is 6.29. The molecule has 0 aromatic carbocycles. The molecule has 1 amide bonds. The van der Waals surface area contributed by atoms with Crippen molar-refractivity contribution in [1.29, 1.82) is 0 Å². The molecule has 0 atom stereocenters. The minimum atomic E-state index is -0.127. The molecule has 0 unspecified atom stereocenters. The first-order valence-corrected chi connectivity index (χ1v) is 8.40. The topological polar surface area (TPSA) is 69.0 Å². The van der Waals surface area contributed by atoms with E-state index in [4.69, 9.17) is 16.3 Å². The number of hydrogen-bond acceptors (Lipinski definition) is 4. The van der Waals surface area contributed by atoms with Crippen LogP contribution < -0.4 is 5.32 Å². The fourth-order valence-electron chi connectivity index (χ4n) is 2.48. The first-order valence-electron chi connectivity index (χ1n) is 8.02. The largest absolute Gasteiger partial charge is 0.381 e. The number of carbonyl (C=O) groups is 1. The summed E-state index contributed by atoms with van der Waals surface area (Å²) in [5, 5.41) is 3.24. The third kappa shape index (κ3) is 3.20. The summed E-state index contributed by atoms with van der Waals surface area (Å²) in [7, 11) is 0. The summed E-state index contributed by atoms with van der Waals surface area (Å²) in [5.74, 6) is 1.02. The smallest absolute Gasteiger partial charge is 0.229 e. The zero-order valence-corrected chi connectivity index (χ0v) is 13.8. The van der Waals surface area contributed by atoms with Gasteiger partial charge in [-0.25, -0.2) is 9.97 Å². The van der Waals surface area contributed by atoms with Gasteiger partial charge in [-0.3, -0.25) is 14.7 Å². The van der Waals surface area contributed by atoms with Crippen LogP contribution in [0.4, 0.5) is 5.95 Å². The second kappa shape index (κ2) is 6.37. The number of rotatable bonds is 7. The molecule has 2 aromatic heterocycles. The van der Waals surface area contributed by atoms with Crippen LogP contribution in [0.5, 0.6) is 0 Å². The standard InChI is InChI=1S/C17H17ClN4O2/c18-14-7-6-13-16(20-14)22(12-2-1-3-12)17(19-13)21-15(23)8-9-24-10-11-4-5-11/h1-3,6-7,11H,4-5,8-10H2,(H,19,21,23). The van der Waals surface area contributed by atoms with Crippen LogP contribution in [0, 0.1) is 5.92 Å². The first kappa shape index (κ1) is 15.4. The molecular weight excluding hydrogens is 328 g/mol. The number of imidazole rings is 1.